The van der Waals surface area contributed by atoms with Crippen molar-refractivity contribution in [3.63, 3.8) is 0 Å². The van der Waals surface area contributed by atoms with E-state index in [2.05, 4.69) is 20.3 Å². The minimum Gasteiger partial charge on any atom is -0.394 e. The molecule has 5 aliphatic rings. The van der Waals surface area contributed by atoms with E-state index in [1.165, 1.54) is 25.6 Å². The highest BCUT2D eigenvalue weighted by Gasteiger charge is 2.58. The molecule has 4 saturated carbocycles. The van der Waals surface area contributed by atoms with Gasteiger partial charge >= 0.3 is 0 Å². The molecule has 2 aromatic rings. The fourth-order valence-corrected chi connectivity index (χ4v) is 6.67. The van der Waals surface area contributed by atoms with E-state index < -0.39 is 31.1 Å². The summed E-state index contributed by atoms with van der Waals surface area (Å²) in [5.41, 5.74) is 1.05. The SMILES string of the molecule is OC[C@H]1O[C@@H](n2cnc3c(NC45C[C@@H]6CC4C[C@@H](C6)C5)nc(Cl)nc32)[C@H](O)[C@@H]1O. The molecule has 2 unspecified atom stereocenters. The van der Waals surface area contributed by atoms with Gasteiger partial charge in [0.25, 0.3) is 0 Å². The number of ether oxygens (including phenoxy) is 1. The molecule has 0 radical (unpaired) electrons. The van der Waals surface area contributed by atoms with E-state index in [9.17, 15) is 15.3 Å². The van der Waals surface area contributed by atoms with Crippen LogP contribution in [-0.2, 0) is 4.74 Å². The number of imidazole rings is 1. The number of aliphatic hydroxyl groups excluding tert-OH is 3. The molecule has 10 heteroatoms. The van der Waals surface area contributed by atoms with Crippen molar-refractivity contribution in [1.82, 2.24) is 19.5 Å². The summed E-state index contributed by atoms with van der Waals surface area (Å²) in [6.07, 6.45) is 3.55. The topological polar surface area (TPSA) is 126 Å². The van der Waals surface area contributed by atoms with Gasteiger partial charge in [-0.3, -0.25) is 4.57 Å². The molecule has 4 bridgehead atoms. The van der Waals surface area contributed by atoms with Crippen molar-refractivity contribution in [2.75, 3.05) is 11.9 Å². The monoisotopic (exact) mass is 421 g/mol. The smallest absolute Gasteiger partial charge is 0.226 e. The molecule has 0 spiro atoms. The number of rotatable bonds is 4. The Bertz CT molecular complexity index is 955. The normalized spacial score (nSPS) is 43.0. The standard InChI is InChI=1S/C19H24ClN5O4/c20-18-22-15(24-19-4-8-1-9(5-19)3-10(19)2-8)12-16(23-18)25(7-21-12)17-14(28)13(27)11(6-26)29-17/h7-11,13-14,17,26-28H,1-6H2,(H,22,23,24)/t8-,9+,10?,11-,13-,14-,17-,19?/m1/s1. The highest BCUT2D eigenvalue weighted by molar-refractivity contribution is 6.28. The van der Waals surface area contributed by atoms with Gasteiger partial charge in [0.1, 0.15) is 18.3 Å². The number of aliphatic hydroxyl groups is 3. The van der Waals surface area contributed by atoms with Crippen molar-refractivity contribution in [1.29, 1.82) is 0 Å². The molecule has 4 N–H and O–H groups in total. The van der Waals surface area contributed by atoms with Crippen LogP contribution in [0.1, 0.15) is 38.3 Å². The Morgan fingerprint density at radius 3 is 2.62 bits per heavy atom. The van der Waals surface area contributed by atoms with Crippen molar-refractivity contribution in [2.45, 2.75) is 62.2 Å². The third kappa shape index (κ3) is 2.58. The lowest BCUT2D eigenvalue weighted by molar-refractivity contribution is -0.0511. The number of fused-ring (bicyclic) bond motifs is 1. The Labute approximate surface area is 172 Å². The van der Waals surface area contributed by atoms with Gasteiger partial charge in [0.05, 0.1) is 12.9 Å². The highest BCUT2D eigenvalue weighted by Crippen LogP contribution is 2.61. The molecule has 156 valence electrons. The first-order valence-electron chi connectivity index (χ1n) is 10.3. The lowest BCUT2D eigenvalue weighted by atomic mass is 9.80. The average Bonchev–Trinajstić information content (AvgIpc) is 3.35. The molecule has 1 saturated heterocycles. The van der Waals surface area contributed by atoms with Crippen LogP contribution >= 0.6 is 11.6 Å². The number of nitrogens with one attached hydrogen (secondary N) is 1. The van der Waals surface area contributed by atoms with Gasteiger partial charge in [-0.05, 0) is 61.5 Å². The van der Waals surface area contributed by atoms with Crippen LogP contribution in [0.25, 0.3) is 11.2 Å². The summed E-state index contributed by atoms with van der Waals surface area (Å²) in [7, 11) is 0. The van der Waals surface area contributed by atoms with Crippen molar-refractivity contribution in [3.05, 3.63) is 11.6 Å². The molecular weight excluding hydrogens is 398 g/mol. The van der Waals surface area contributed by atoms with Crippen molar-refractivity contribution < 1.29 is 20.1 Å². The first kappa shape index (κ1) is 18.3. The summed E-state index contributed by atoms with van der Waals surface area (Å²) in [5, 5.41) is 33.6. The molecule has 0 aromatic carbocycles. The van der Waals surface area contributed by atoms with Crippen LogP contribution < -0.4 is 5.32 Å². The minimum atomic E-state index is -1.21. The number of hydrogen-bond acceptors (Lipinski definition) is 8. The fraction of sp³-hybridized carbons (Fsp3) is 0.737. The summed E-state index contributed by atoms with van der Waals surface area (Å²) in [6, 6.07) is 0. The minimum absolute atomic E-state index is 0.0591. The molecule has 1 aliphatic heterocycles. The maximum absolute atomic E-state index is 10.4. The van der Waals surface area contributed by atoms with E-state index >= 15 is 0 Å². The first-order chi connectivity index (χ1) is 14.0. The van der Waals surface area contributed by atoms with Crippen LogP contribution in [0, 0.1) is 17.8 Å². The van der Waals surface area contributed by atoms with E-state index in [1.807, 2.05) is 0 Å². The number of hydrogen-bond donors (Lipinski definition) is 4. The van der Waals surface area contributed by atoms with E-state index in [0.717, 1.165) is 24.7 Å². The highest BCUT2D eigenvalue weighted by atomic mass is 35.5. The predicted molar refractivity (Wildman–Crippen MR) is 103 cm³/mol. The van der Waals surface area contributed by atoms with Gasteiger partial charge in [0.15, 0.2) is 23.2 Å². The van der Waals surface area contributed by atoms with E-state index in [4.69, 9.17) is 16.3 Å². The van der Waals surface area contributed by atoms with Crippen molar-refractivity contribution >= 4 is 28.6 Å². The third-order valence-electron chi connectivity index (χ3n) is 7.54. The van der Waals surface area contributed by atoms with Gasteiger partial charge in [-0.2, -0.15) is 9.97 Å². The van der Waals surface area contributed by atoms with Crippen LogP contribution in [0.2, 0.25) is 5.28 Å². The largest absolute Gasteiger partial charge is 0.394 e. The van der Waals surface area contributed by atoms with E-state index in [1.54, 1.807) is 4.57 Å². The van der Waals surface area contributed by atoms with E-state index in [-0.39, 0.29) is 10.8 Å². The summed E-state index contributed by atoms with van der Waals surface area (Å²) < 4.78 is 7.19. The van der Waals surface area contributed by atoms with Crippen LogP contribution in [0.5, 0.6) is 0 Å². The number of aromatic nitrogens is 4. The van der Waals surface area contributed by atoms with Gasteiger partial charge in [0.2, 0.25) is 5.28 Å². The lowest BCUT2D eigenvalue weighted by Crippen LogP contribution is -2.39. The number of nitrogens with zero attached hydrogens (tertiary/aromatic N) is 4. The Morgan fingerprint density at radius 2 is 1.93 bits per heavy atom. The van der Waals surface area contributed by atoms with Crippen molar-refractivity contribution in [3.8, 4) is 0 Å². The zero-order chi connectivity index (χ0) is 19.9. The second kappa shape index (κ2) is 6.24. The quantitative estimate of drug-likeness (QED) is 0.540. The second-order valence-electron chi connectivity index (χ2n) is 9.22. The summed E-state index contributed by atoms with van der Waals surface area (Å²) in [6.45, 7) is -0.393. The molecule has 7 rings (SSSR count). The molecule has 29 heavy (non-hydrogen) atoms. The molecule has 8 atom stereocenters. The lowest BCUT2D eigenvalue weighted by Gasteiger charge is -2.34. The Balaban J connectivity index is 1.38. The fourth-order valence-electron chi connectivity index (χ4n) is 6.51. The molecule has 4 aliphatic carbocycles. The van der Waals surface area contributed by atoms with Crippen LogP contribution in [0.4, 0.5) is 5.82 Å². The summed E-state index contributed by atoms with van der Waals surface area (Å²) in [5.74, 6) is 2.87. The van der Waals surface area contributed by atoms with Crippen molar-refractivity contribution in [2.24, 2.45) is 17.8 Å². The molecule has 9 nitrogen and oxygen atoms in total. The van der Waals surface area contributed by atoms with Gasteiger partial charge in [-0.1, -0.05) is 0 Å². The maximum atomic E-state index is 10.4. The third-order valence-corrected chi connectivity index (χ3v) is 7.71. The Hall–Kier alpha value is -1.52. The second-order valence-corrected chi connectivity index (χ2v) is 9.56. The summed E-state index contributed by atoms with van der Waals surface area (Å²) >= 11 is 6.25. The predicted octanol–water partition coefficient (Wildman–Crippen LogP) is 1.08. The van der Waals surface area contributed by atoms with Gasteiger partial charge in [0, 0.05) is 5.54 Å². The van der Waals surface area contributed by atoms with Gasteiger partial charge in [-0.15, -0.1) is 0 Å². The zero-order valence-electron chi connectivity index (χ0n) is 15.8. The molecule has 2 aromatic heterocycles. The number of anilines is 1. The summed E-state index contributed by atoms with van der Waals surface area (Å²) in [4.78, 5) is 13.2. The zero-order valence-corrected chi connectivity index (χ0v) is 16.5. The van der Waals surface area contributed by atoms with E-state index in [0.29, 0.717) is 22.9 Å². The first-order valence-corrected chi connectivity index (χ1v) is 10.7. The Morgan fingerprint density at radius 1 is 1.17 bits per heavy atom. The number of halogens is 1. The molecule has 0 amide bonds. The van der Waals surface area contributed by atoms with Gasteiger partial charge < -0.3 is 25.4 Å². The molecular formula is C19H24ClN5O4. The van der Waals surface area contributed by atoms with Gasteiger partial charge in [-0.25, -0.2) is 4.98 Å². The maximum Gasteiger partial charge on any atom is 0.226 e. The average molecular weight is 422 g/mol. The van der Waals surface area contributed by atoms with Crippen LogP contribution in [0.15, 0.2) is 6.33 Å². The molecule has 5 fully saturated rings. The van der Waals surface area contributed by atoms with Crippen LogP contribution in [0.3, 0.4) is 0 Å². The Kier molecular flexibility index (Phi) is 3.93. The molecule has 3 heterocycles. The van der Waals surface area contributed by atoms with Crippen LogP contribution in [-0.4, -0.2) is 65.3 Å².